The van der Waals surface area contributed by atoms with Crippen LogP contribution in [0.25, 0.3) is 0 Å². The second-order valence-corrected chi connectivity index (χ2v) is 5.18. The molecule has 4 heteroatoms. The SMILES string of the molecule is NCC1CCN1Cc1cc(Cl)ccc1Br. The van der Waals surface area contributed by atoms with Crippen molar-refractivity contribution in [2.45, 2.75) is 19.0 Å². The van der Waals surface area contributed by atoms with Gasteiger partial charge in [0.05, 0.1) is 0 Å². The van der Waals surface area contributed by atoms with Gasteiger partial charge in [-0.1, -0.05) is 27.5 Å². The van der Waals surface area contributed by atoms with Crippen molar-refractivity contribution in [1.82, 2.24) is 4.90 Å². The van der Waals surface area contributed by atoms with Crippen molar-refractivity contribution in [3.63, 3.8) is 0 Å². The van der Waals surface area contributed by atoms with Crippen molar-refractivity contribution in [1.29, 1.82) is 0 Å². The Bertz CT molecular complexity index is 354. The first kappa shape index (κ1) is 11.4. The Morgan fingerprint density at radius 2 is 2.33 bits per heavy atom. The van der Waals surface area contributed by atoms with Crippen LogP contribution in [0.3, 0.4) is 0 Å². The van der Waals surface area contributed by atoms with Crippen molar-refractivity contribution in [3.8, 4) is 0 Å². The van der Waals surface area contributed by atoms with Crippen LogP contribution in [0.2, 0.25) is 5.02 Å². The third-order valence-corrected chi connectivity index (χ3v) is 3.93. The van der Waals surface area contributed by atoms with E-state index in [-0.39, 0.29) is 0 Å². The molecule has 0 radical (unpaired) electrons. The predicted octanol–water partition coefficient (Wildman–Crippen LogP) is 2.64. The van der Waals surface area contributed by atoms with E-state index in [1.807, 2.05) is 18.2 Å². The van der Waals surface area contributed by atoms with E-state index >= 15 is 0 Å². The molecule has 1 aliphatic rings. The van der Waals surface area contributed by atoms with Gasteiger partial charge < -0.3 is 5.73 Å². The molecule has 2 N–H and O–H groups in total. The molecule has 2 rings (SSSR count). The third kappa shape index (κ3) is 2.53. The molecule has 1 saturated heterocycles. The van der Waals surface area contributed by atoms with E-state index < -0.39 is 0 Å². The van der Waals surface area contributed by atoms with Crippen molar-refractivity contribution in [2.24, 2.45) is 5.73 Å². The second kappa shape index (κ2) is 4.83. The zero-order valence-corrected chi connectivity index (χ0v) is 10.8. The number of nitrogens with two attached hydrogens (primary N) is 1. The molecular weight excluding hydrogens is 275 g/mol. The van der Waals surface area contributed by atoms with Gasteiger partial charge in [0.15, 0.2) is 0 Å². The maximum atomic E-state index is 5.97. The highest BCUT2D eigenvalue weighted by atomic mass is 79.9. The Hall–Kier alpha value is -0.0900. The summed E-state index contributed by atoms with van der Waals surface area (Å²) in [5, 5.41) is 0.790. The van der Waals surface area contributed by atoms with E-state index in [1.165, 1.54) is 12.0 Å². The summed E-state index contributed by atoms with van der Waals surface area (Å²) < 4.78 is 1.12. The summed E-state index contributed by atoms with van der Waals surface area (Å²) in [5.41, 5.74) is 6.90. The number of halogens is 2. The maximum absolute atomic E-state index is 5.97. The average Bonchev–Trinajstić information content (AvgIpc) is 2.18. The zero-order chi connectivity index (χ0) is 10.8. The zero-order valence-electron chi connectivity index (χ0n) is 8.42. The fourth-order valence-corrected chi connectivity index (χ4v) is 2.42. The molecule has 0 saturated carbocycles. The first-order chi connectivity index (χ1) is 7.20. The molecule has 1 aliphatic heterocycles. The molecule has 2 nitrogen and oxygen atoms in total. The largest absolute Gasteiger partial charge is 0.329 e. The van der Waals surface area contributed by atoms with Gasteiger partial charge in [-0.25, -0.2) is 0 Å². The average molecular weight is 290 g/mol. The van der Waals surface area contributed by atoms with Gasteiger partial charge in [-0.05, 0) is 30.2 Å². The molecule has 0 aliphatic carbocycles. The van der Waals surface area contributed by atoms with Gasteiger partial charge in [0.25, 0.3) is 0 Å². The van der Waals surface area contributed by atoms with E-state index in [4.69, 9.17) is 17.3 Å². The molecule has 15 heavy (non-hydrogen) atoms. The maximum Gasteiger partial charge on any atom is 0.0410 e. The van der Waals surface area contributed by atoms with Crippen molar-refractivity contribution < 1.29 is 0 Å². The Morgan fingerprint density at radius 3 is 2.93 bits per heavy atom. The monoisotopic (exact) mass is 288 g/mol. The highest BCUT2D eigenvalue weighted by Gasteiger charge is 2.26. The second-order valence-electron chi connectivity index (χ2n) is 3.88. The summed E-state index contributed by atoms with van der Waals surface area (Å²) in [6.45, 7) is 2.82. The van der Waals surface area contributed by atoms with E-state index in [2.05, 4.69) is 20.8 Å². The minimum atomic E-state index is 0.552. The minimum Gasteiger partial charge on any atom is -0.329 e. The highest BCUT2D eigenvalue weighted by Crippen LogP contribution is 2.26. The molecule has 0 aromatic heterocycles. The van der Waals surface area contributed by atoms with E-state index in [1.54, 1.807) is 0 Å². The number of hydrogen-bond donors (Lipinski definition) is 1. The Labute approximate surface area is 104 Å². The molecule has 1 atom stereocenters. The Kier molecular flexibility index (Phi) is 3.67. The van der Waals surface area contributed by atoms with E-state index in [0.717, 1.165) is 29.1 Å². The molecular formula is C11H14BrClN2. The van der Waals surface area contributed by atoms with Crippen LogP contribution in [0.4, 0.5) is 0 Å². The quantitative estimate of drug-likeness (QED) is 0.927. The fraction of sp³-hybridized carbons (Fsp3) is 0.455. The standard InChI is InChI=1S/C11H14BrClN2/c12-11-2-1-9(13)5-8(11)7-15-4-3-10(15)6-14/h1-2,5,10H,3-4,6-7,14H2. The summed E-state index contributed by atoms with van der Waals surface area (Å²) >= 11 is 9.51. The summed E-state index contributed by atoms with van der Waals surface area (Å²) in [7, 11) is 0. The molecule has 1 aromatic carbocycles. The summed E-state index contributed by atoms with van der Waals surface area (Å²) in [4.78, 5) is 2.39. The van der Waals surface area contributed by atoms with Crippen LogP contribution in [-0.4, -0.2) is 24.0 Å². The number of benzene rings is 1. The topological polar surface area (TPSA) is 29.3 Å². The molecule has 1 aromatic rings. The molecule has 0 amide bonds. The lowest BCUT2D eigenvalue weighted by molar-refractivity contribution is 0.0880. The molecule has 1 fully saturated rings. The first-order valence-corrected chi connectivity index (χ1v) is 6.26. The normalized spacial score (nSPS) is 21.4. The van der Waals surface area contributed by atoms with Crippen LogP contribution in [0, 0.1) is 0 Å². The third-order valence-electron chi connectivity index (χ3n) is 2.92. The summed E-state index contributed by atoms with van der Waals surface area (Å²) in [5.74, 6) is 0. The summed E-state index contributed by atoms with van der Waals surface area (Å²) in [6.07, 6.45) is 1.22. The van der Waals surface area contributed by atoms with Gasteiger partial charge in [-0.15, -0.1) is 0 Å². The van der Waals surface area contributed by atoms with Crippen LogP contribution in [0.1, 0.15) is 12.0 Å². The molecule has 82 valence electrons. The lowest BCUT2D eigenvalue weighted by atomic mass is 10.0. The minimum absolute atomic E-state index is 0.552. The number of likely N-dealkylation sites (tertiary alicyclic amines) is 1. The van der Waals surface area contributed by atoms with Gasteiger partial charge in [0.1, 0.15) is 0 Å². The van der Waals surface area contributed by atoms with Gasteiger partial charge in [-0.3, -0.25) is 4.90 Å². The van der Waals surface area contributed by atoms with Crippen molar-refractivity contribution in [2.75, 3.05) is 13.1 Å². The first-order valence-electron chi connectivity index (χ1n) is 5.08. The van der Waals surface area contributed by atoms with Crippen LogP contribution in [-0.2, 0) is 6.54 Å². The lowest BCUT2D eigenvalue weighted by Gasteiger charge is -2.40. The predicted molar refractivity (Wildman–Crippen MR) is 67.0 cm³/mol. The number of nitrogens with zero attached hydrogens (tertiary/aromatic N) is 1. The van der Waals surface area contributed by atoms with Crippen LogP contribution in [0.5, 0.6) is 0 Å². The van der Waals surface area contributed by atoms with Gasteiger partial charge >= 0.3 is 0 Å². The van der Waals surface area contributed by atoms with Crippen LogP contribution < -0.4 is 5.73 Å². The Balaban J connectivity index is 2.07. The molecule has 0 bridgehead atoms. The molecule has 1 unspecified atom stereocenters. The smallest absolute Gasteiger partial charge is 0.0410 e. The van der Waals surface area contributed by atoms with E-state index in [9.17, 15) is 0 Å². The highest BCUT2D eigenvalue weighted by molar-refractivity contribution is 9.10. The number of rotatable bonds is 3. The van der Waals surface area contributed by atoms with Crippen molar-refractivity contribution >= 4 is 27.5 Å². The fourth-order valence-electron chi connectivity index (χ4n) is 1.85. The van der Waals surface area contributed by atoms with Crippen LogP contribution >= 0.6 is 27.5 Å². The Morgan fingerprint density at radius 1 is 1.53 bits per heavy atom. The summed E-state index contributed by atoms with van der Waals surface area (Å²) in [6, 6.07) is 6.45. The van der Waals surface area contributed by atoms with Gasteiger partial charge in [-0.2, -0.15) is 0 Å². The number of hydrogen-bond acceptors (Lipinski definition) is 2. The van der Waals surface area contributed by atoms with Gasteiger partial charge in [0.2, 0.25) is 0 Å². The van der Waals surface area contributed by atoms with Crippen molar-refractivity contribution in [3.05, 3.63) is 33.3 Å². The van der Waals surface area contributed by atoms with E-state index in [0.29, 0.717) is 6.04 Å². The lowest BCUT2D eigenvalue weighted by Crippen LogP contribution is -2.50. The van der Waals surface area contributed by atoms with Crippen LogP contribution in [0.15, 0.2) is 22.7 Å². The molecule has 0 spiro atoms. The molecule has 1 heterocycles. The van der Waals surface area contributed by atoms with Gasteiger partial charge in [0, 0.05) is 35.2 Å².